The molecule has 1 atom stereocenters. The Labute approximate surface area is 211 Å². The van der Waals surface area contributed by atoms with E-state index in [9.17, 15) is 4.79 Å². The number of hydrogen-bond donors (Lipinski definition) is 1. The molecular formula is C28H31ClN4O2. The number of halogens is 1. The van der Waals surface area contributed by atoms with Gasteiger partial charge in [0.05, 0.1) is 0 Å². The molecule has 0 aliphatic carbocycles. The zero-order chi connectivity index (χ0) is 24.2. The lowest BCUT2D eigenvalue weighted by atomic mass is 10.0. The van der Waals surface area contributed by atoms with Gasteiger partial charge in [0.2, 0.25) is 0 Å². The fraction of sp³-hybridized carbons (Fsp3) is 0.357. The van der Waals surface area contributed by atoms with E-state index >= 15 is 0 Å². The molecule has 0 bridgehead atoms. The largest absolute Gasteiger partial charge is 0.485 e. The van der Waals surface area contributed by atoms with Gasteiger partial charge in [-0.15, -0.1) is 0 Å². The minimum atomic E-state index is 0.123. The summed E-state index contributed by atoms with van der Waals surface area (Å²) < 4.78 is 5.92. The lowest BCUT2D eigenvalue weighted by molar-refractivity contribution is 0.0709. The first kappa shape index (κ1) is 23.6. The first-order valence-electron chi connectivity index (χ1n) is 12.3. The molecule has 3 aromatic rings. The van der Waals surface area contributed by atoms with E-state index in [0.717, 1.165) is 61.3 Å². The number of nitrogens with two attached hydrogens (primary N) is 1. The van der Waals surface area contributed by atoms with Crippen molar-refractivity contribution in [3.05, 3.63) is 76.9 Å². The SMILES string of the molecule is Nc1ncc(-c2ccc(C(=O)N3CCC[C@H]3CN3CCCC3)cc2)cc1OCc1ccccc1Cl. The number of aromatic nitrogens is 1. The number of benzene rings is 2. The molecule has 35 heavy (non-hydrogen) atoms. The summed E-state index contributed by atoms with van der Waals surface area (Å²) in [6, 6.07) is 17.5. The summed E-state index contributed by atoms with van der Waals surface area (Å²) in [5.41, 5.74) is 9.48. The zero-order valence-corrected chi connectivity index (χ0v) is 20.6. The third-order valence-corrected chi connectivity index (χ3v) is 7.36. The normalized spacial score (nSPS) is 18.2. The van der Waals surface area contributed by atoms with Crippen molar-refractivity contribution in [2.24, 2.45) is 0 Å². The van der Waals surface area contributed by atoms with Gasteiger partial charge >= 0.3 is 0 Å². The van der Waals surface area contributed by atoms with E-state index in [-0.39, 0.29) is 5.91 Å². The molecule has 3 heterocycles. The first-order chi connectivity index (χ1) is 17.1. The van der Waals surface area contributed by atoms with Crippen LogP contribution in [-0.4, -0.2) is 52.9 Å². The van der Waals surface area contributed by atoms with Crippen molar-refractivity contribution in [2.75, 3.05) is 31.9 Å². The highest BCUT2D eigenvalue weighted by Gasteiger charge is 2.31. The second-order valence-corrected chi connectivity index (χ2v) is 9.77. The van der Waals surface area contributed by atoms with Gasteiger partial charge in [0.15, 0.2) is 11.6 Å². The summed E-state index contributed by atoms with van der Waals surface area (Å²) in [6.07, 6.45) is 6.44. The first-order valence-corrected chi connectivity index (χ1v) is 12.7. The molecule has 7 heteroatoms. The molecule has 2 aliphatic heterocycles. The van der Waals surface area contributed by atoms with Crippen LogP contribution < -0.4 is 10.5 Å². The maximum absolute atomic E-state index is 13.3. The number of nitrogens with zero attached hydrogens (tertiary/aromatic N) is 3. The summed E-state index contributed by atoms with van der Waals surface area (Å²) >= 11 is 6.24. The van der Waals surface area contributed by atoms with Crippen LogP contribution in [0.15, 0.2) is 60.8 Å². The van der Waals surface area contributed by atoms with Gasteiger partial charge in [-0.1, -0.05) is 41.9 Å². The molecule has 1 amide bonds. The molecule has 0 unspecified atom stereocenters. The molecule has 2 aromatic carbocycles. The summed E-state index contributed by atoms with van der Waals surface area (Å²) in [5.74, 6) is 0.951. The van der Waals surface area contributed by atoms with E-state index in [1.165, 1.54) is 12.8 Å². The van der Waals surface area contributed by atoms with E-state index in [0.29, 0.717) is 29.2 Å². The second-order valence-electron chi connectivity index (χ2n) is 9.37. The number of hydrogen-bond acceptors (Lipinski definition) is 5. The molecule has 2 N–H and O–H groups in total. The number of rotatable bonds is 7. The third kappa shape index (κ3) is 5.44. The van der Waals surface area contributed by atoms with Crippen LogP contribution >= 0.6 is 11.6 Å². The van der Waals surface area contributed by atoms with Gasteiger partial charge < -0.3 is 20.3 Å². The molecule has 0 saturated carbocycles. The smallest absolute Gasteiger partial charge is 0.254 e. The van der Waals surface area contributed by atoms with Gasteiger partial charge in [-0.2, -0.15) is 0 Å². The number of pyridine rings is 1. The predicted octanol–water partition coefficient (Wildman–Crippen LogP) is 5.26. The minimum Gasteiger partial charge on any atom is -0.485 e. The van der Waals surface area contributed by atoms with Crippen molar-refractivity contribution in [1.82, 2.24) is 14.8 Å². The van der Waals surface area contributed by atoms with E-state index in [2.05, 4.69) is 14.8 Å². The van der Waals surface area contributed by atoms with Gasteiger partial charge in [-0.3, -0.25) is 4.79 Å². The van der Waals surface area contributed by atoms with E-state index in [1.807, 2.05) is 54.6 Å². The van der Waals surface area contributed by atoms with Gasteiger partial charge in [0.1, 0.15) is 6.61 Å². The summed E-state index contributed by atoms with van der Waals surface area (Å²) in [7, 11) is 0. The summed E-state index contributed by atoms with van der Waals surface area (Å²) in [5, 5.41) is 0.649. The van der Waals surface area contributed by atoms with Crippen molar-refractivity contribution in [1.29, 1.82) is 0 Å². The molecule has 2 aliphatic rings. The monoisotopic (exact) mass is 490 g/mol. The zero-order valence-electron chi connectivity index (χ0n) is 19.8. The van der Waals surface area contributed by atoms with Crippen LogP contribution in [0.4, 0.5) is 5.82 Å². The van der Waals surface area contributed by atoms with E-state index in [1.54, 1.807) is 6.20 Å². The summed E-state index contributed by atoms with van der Waals surface area (Å²) in [4.78, 5) is 22.1. The Morgan fingerprint density at radius 2 is 1.80 bits per heavy atom. The summed E-state index contributed by atoms with van der Waals surface area (Å²) in [6.45, 7) is 4.46. The molecule has 6 nitrogen and oxygen atoms in total. The molecule has 0 radical (unpaired) electrons. The van der Waals surface area contributed by atoms with Crippen LogP contribution in [0.2, 0.25) is 5.02 Å². The van der Waals surface area contributed by atoms with Crippen molar-refractivity contribution in [3.8, 4) is 16.9 Å². The van der Waals surface area contributed by atoms with E-state index in [4.69, 9.17) is 22.1 Å². The Hall–Kier alpha value is -3.09. The van der Waals surface area contributed by atoms with Crippen molar-refractivity contribution in [3.63, 3.8) is 0 Å². The molecule has 5 rings (SSSR count). The highest BCUT2D eigenvalue weighted by Crippen LogP contribution is 2.29. The number of ether oxygens (including phenoxy) is 1. The Morgan fingerprint density at radius 1 is 1.03 bits per heavy atom. The Morgan fingerprint density at radius 3 is 2.57 bits per heavy atom. The molecule has 0 spiro atoms. The van der Waals surface area contributed by atoms with E-state index < -0.39 is 0 Å². The van der Waals surface area contributed by atoms with Crippen molar-refractivity contribution in [2.45, 2.75) is 38.3 Å². The van der Waals surface area contributed by atoms with Crippen molar-refractivity contribution < 1.29 is 9.53 Å². The number of carbonyl (C=O) groups excluding carboxylic acids is 1. The van der Waals surface area contributed by atoms with Gasteiger partial charge in [-0.05, 0) is 68.6 Å². The molecule has 2 fully saturated rings. The van der Waals surface area contributed by atoms with Crippen molar-refractivity contribution >= 4 is 23.3 Å². The Bertz CT molecular complexity index is 1180. The molecule has 1 aromatic heterocycles. The predicted molar refractivity (Wildman–Crippen MR) is 140 cm³/mol. The number of anilines is 1. The van der Waals surface area contributed by atoms with Crippen LogP contribution in [0.25, 0.3) is 11.1 Å². The minimum absolute atomic E-state index is 0.123. The maximum atomic E-state index is 13.3. The average Bonchev–Trinajstić information content (AvgIpc) is 3.57. The van der Waals surface area contributed by atoms with Gasteiger partial charge in [0, 0.05) is 47.0 Å². The van der Waals surface area contributed by atoms with Crippen LogP contribution in [0.1, 0.15) is 41.6 Å². The van der Waals surface area contributed by atoms with Crippen LogP contribution in [0.3, 0.4) is 0 Å². The maximum Gasteiger partial charge on any atom is 0.254 e. The van der Waals surface area contributed by atoms with Crippen LogP contribution in [-0.2, 0) is 6.61 Å². The Balaban J connectivity index is 1.27. The fourth-order valence-electron chi connectivity index (χ4n) is 5.03. The molecule has 2 saturated heterocycles. The average molecular weight is 491 g/mol. The van der Waals surface area contributed by atoms with Gasteiger partial charge in [0.25, 0.3) is 5.91 Å². The number of likely N-dealkylation sites (tertiary alicyclic amines) is 2. The third-order valence-electron chi connectivity index (χ3n) is 6.99. The topological polar surface area (TPSA) is 71.7 Å². The number of nitrogen functional groups attached to an aromatic ring is 1. The second kappa shape index (κ2) is 10.7. The molecular weight excluding hydrogens is 460 g/mol. The fourth-order valence-corrected chi connectivity index (χ4v) is 5.22. The highest BCUT2D eigenvalue weighted by molar-refractivity contribution is 6.31. The van der Waals surface area contributed by atoms with Crippen LogP contribution in [0.5, 0.6) is 5.75 Å². The lowest BCUT2D eigenvalue weighted by Crippen LogP contribution is -2.42. The lowest BCUT2D eigenvalue weighted by Gasteiger charge is -2.28. The number of carbonyl (C=O) groups is 1. The molecule has 182 valence electrons. The quantitative estimate of drug-likeness (QED) is 0.489. The highest BCUT2D eigenvalue weighted by atomic mass is 35.5. The Kier molecular flexibility index (Phi) is 7.21. The van der Waals surface area contributed by atoms with Crippen LogP contribution in [0, 0.1) is 0 Å². The standard InChI is InChI=1S/C28H31ClN4O2/c29-25-8-2-1-6-22(25)19-35-26-16-23(17-31-27(26)30)20-9-11-21(12-10-20)28(34)33-15-5-7-24(33)18-32-13-3-4-14-32/h1-2,6,8-12,16-17,24H,3-5,7,13-15,18-19H2,(H2,30,31)/t24-/m0/s1. The van der Waals surface area contributed by atoms with Gasteiger partial charge in [-0.25, -0.2) is 4.98 Å². The number of amides is 1.